The molecule has 34 heavy (non-hydrogen) atoms. The van der Waals surface area contributed by atoms with Gasteiger partial charge in [0.1, 0.15) is 5.75 Å². The maximum atomic E-state index is 12.4. The number of methoxy groups -OCH3 is 1. The van der Waals surface area contributed by atoms with Crippen molar-refractivity contribution < 1.29 is 27.9 Å². The third-order valence-corrected chi connectivity index (χ3v) is 4.96. The summed E-state index contributed by atoms with van der Waals surface area (Å²) < 4.78 is 21.5. The molecule has 4 aromatic rings. The van der Waals surface area contributed by atoms with Gasteiger partial charge in [0.25, 0.3) is 11.9 Å². The van der Waals surface area contributed by atoms with Crippen molar-refractivity contribution >= 4 is 29.3 Å². The third kappa shape index (κ3) is 4.90. The lowest BCUT2D eigenvalue weighted by atomic mass is 10.1. The van der Waals surface area contributed by atoms with Crippen LogP contribution in [0, 0.1) is 0 Å². The Balaban J connectivity index is 1.54. The molecule has 0 atom stereocenters. The van der Waals surface area contributed by atoms with Crippen molar-refractivity contribution in [1.29, 1.82) is 0 Å². The quantitative estimate of drug-likeness (QED) is 0.383. The molecule has 0 aliphatic rings. The number of aromatic nitrogens is 2. The second kappa shape index (κ2) is 9.90. The van der Waals surface area contributed by atoms with Gasteiger partial charge < -0.3 is 28.5 Å². The van der Waals surface area contributed by atoms with Crippen molar-refractivity contribution in [3.8, 4) is 28.4 Å². The molecule has 2 aromatic carbocycles. The lowest BCUT2D eigenvalue weighted by Crippen LogP contribution is -2.31. The van der Waals surface area contributed by atoms with Crippen LogP contribution in [0.25, 0.3) is 22.6 Å². The van der Waals surface area contributed by atoms with Crippen LogP contribution < -0.4 is 15.0 Å². The molecule has 0 radical (unpaired) electrons. The first-order chi connectivity index (χ1) is 16.5. The number of rotatable bonds is 8. The molecule has 0 spiro atoms. The number of carbonyl (C=O) groups excluding carboxylic acids is 2. The lowest BCUT2D eigenvalue weighted by molar-refractivity contribution is -0.145. The van der Waals surface area contributed by atoms with Gasteiger partial charge in [0.15, 0.2) is 24.5 Å². The Labute approximate surface area is 195 Å². The highest BCUT2D eigenvalue weighted by Gasteiger charge is 2.19. The zero-order valence-electron chi connectivity index (χ0n) is 18.8. The summed E-state index contributed by atoms with van der Waals surface area (Å²) in [6.07, 6.45) is 4.52. The summed E-state index contributed by atoms with van der Waals surface area (Å²) in [6.45, 7) is 0.900. The Bertz CT molecular complexity index is 1300. The minimum absolute atomic E-state index is 0.258. The zero-order valence-corrected chi connectivity index (χ0v) is 18.8. The number of amides is 1. The molecule has 0 unspecified atom stereocenters. The van der Waals surface area contributed by atoms with E-state index in [-0.39, 0.29) is 18.5 Å². The van der Waals surface area contributed by atoms with Crippen LogP contribution in [0.2, 0.25) is 0 Å². The van der Waals surface area contributed by atoms with E-state index in [2.05, 4.69) is 15.3 Å². The Morgan fingerprint density at radius 3 is 2.65 bits per heavy atom. The Morgan fingerprint density at radius 1 is 1.09 bits per heavy atom. The number of benzene rings is 2. The van der Waals surface area contributed by atoms with Gasteiger partial charge in [0.2, 0.25) is 0 Å². The largest absolute Gasteiger partial charge is 0.496 e. The van der Waals surface area contributed by atoms with Gasteiger partial charge in [-0.15, -0.1) is 0 Å². The first-order valence-corrected chi connectivity index (χ1v) is 10.3. The molecule has 4 rings (SSSR count). The normalized spacial score (nSPS) is 10.6. The highest BCUT2D eigenvalue weighted by molar-refractivity contribution is 5.98. The van der Waals surface area contributed by atoms with Crippen molar-refractivity contribution in [3.63, 3.8) is 0 Å². The minimum Gasteiger partial charge on any atom is -0.496 e. The molecule has 2 heterocycles. The summed E-state index contributed by atoms with van der Waals surface area (Å²) >= 11 is 0. The molecule has 1 amide bonds. The fourth-order valence-corrected chi connectivity index (χ4v) is 3.27. The standard InChI is InChI=1S/C24H22N4O6/c1-15(29)32-13-23(30)28(2)19-7-5-4-6-17(19)22-12-26-24(34-22)27-16-8-9-18(20(10-16)31-3)21-11-25-14-33-21/h4-12,14H,13H2,1-3H3,(H,26,27). The smallest absolute Gasteiger partial charge is 0.303 e. The Morgan fingerprint density at radius 2 is 1.91 bits per heavy atom. The summed E-state index contributed by atoms with van der Waals surface area (Å²) in [4.78, 5) is 33.1. The number of likely N-dealkylation sites (N-methyl/N-ethyl adjacent to an activating group) is 1. The number of anilines is 3. The Kier molecular flexibility index (Phi) is 6.58. The second-order valence-electron chi connectivity index (χ2n) is 7.19. The number of oxazole rings is 2. The van der Waals surface area contributed by atoms with E-state index in [1.165, 1.54) is 18.2 Å². The summed E-state index contributed by atoms with van der Waals surface area (Å²) in [6, 6.07) is 12.9. The predicted molar refractivity (Wildman–Crippen MR) is 124 cm³/mol. The molecule has 1 N–H and O–H groups in total. The fourth-order valence-electron chi connectivity index (χ4n) is 3.27. The highest BCUT2D eigenvalue weighted by Crippen LogP contribution is 2.35. The van der Waals surface area contributed by atoms with E-state index >= 15 is 0 Å². The van der Waals surface area contributed by atoms with Gasteiger partial charge in [0, 0.05) is 31.3 Å². The molecule has 0 fully saturated rings. The molecule has 0 aliphatic heterocycles. The SMILES string of the molecule is COc1cc(Nc2ncc(-c3ccccc3N(C)C(=O)COC(C)=O)o2)ccc1-c1cnco1. The van der Waals surface area contributed by atoms with Gasteiger partial charge in [-0.25, -0.2) is 9.97 Å². The number of nitrogens with zero attached hydrogens (tertiary/aromatic N) is 3. The predicted octanol–water partition coefficient (Wildman–Crippen LogP) is 4.27. The first-order valence-electron chi connectivity index (χ1n) is 10.3. The minimum atomic E-state index is -0.522. The number of nitrogens with one attached hydrogen (secondary N) is 1. The van der Waals surface area contributed by atoms with Crippen LogP contribution in [-0.4, -0.2) is 42.6 Å². The topological polar surface area (TPSA) is 120 Å². The average molecular weight is 462 g/mol. The van der Waals surface area contributed by atoms with E-state index in [0.717, 1.165) is 5.56 Å². The molecule has 174 valence electrons. The van der Waals surface area contributed by atoms with Crippen LogP contribution in [0.5, 0.6) is 5.75 Å². The van der Waals surface area contributed by atoms with E-state index in [1.54, 1.807) is 44.8 Å². The third-order valence-electron chi connectivity index (χ3n) is 4.96. The van der Waals surface area contributed by atoms with Gasteiger partial charge in [-0.05, 0) is 24.3 Å². The number of esters is 1. The van der Waals surface area contributed by atoms with E-state index in [1.807, 2.05) is 24.3 Å². The van der Waals surface area contributed by atoms with Gasteiger partial charge in [-0.2, -0.15) is 0 Å². The lowest BCUT2D eigenvalue weighted by Gasteiger charge is -2.19. The molecular weight excluding hydrogens is 440 g/mol. The maximum absolute atomic E-state index is 12.4. The van der Waals surface area contributed by atoms with Crippen LogP contribution in [0.1, 0.15) is 6.92 Å². The number of para-hydroxylation sites is 1. The van der Waals surface area contributed by atoms with Crippen LogP contribution in [0.3, 0.4) is 0 Å². The van der Waals surface area contributed by atoms with Crippen molar-refractivity contribution in [2.45, 2.75) is 6.92 Å². The van der Waals surface area contributed by atoms with Crippen LogP contribution in [0.4, 0.5) is 17.4 Å². The molecule has 2 aromatic heterocycles. The molecule has 10 nitrogen and oxygen atoms in total. The fraction of sp³-hybridized carbons (Fsp3) is 0.167. The monoisotopic (exact) mass is 462 g/mol. The van der Waals surface area contributed by atoms with E-state index in [9.17, 15) is 9.59 Å². The highest BCUT2D eigenvalue weighted by atomic mass is 16.5. The Hall–Kier alpha value is -4.60. The molecule has 0 aliphatic carbocycles. The number of hydrogen-bond acceptors (Lipinski definition) is 9. The van der Waals surface area contributed by atoms with E-state index in [0.29, 0.717) is 34.2 Å². The number of carbonyl (C=O) groups is 2. The number of hydrogen-bond donors (Lipinski definition) is 1. The molecular formula is C24H22N4O6. The van der Waals surface area contributed by atoms with Gasteiger partial charge >= 0.3 is 5.97 Å². The second-order valence-corrected chi connectivity index (χ2v) is 7.19. The molecule has 10 heteroatoms. The maximum Gasteiger partial charge on any atom is 0.303 e. The van der Waals surface area contributed by atoms with Crippen LogP contribution in [0.15, 0.2) is 70.1 Å². The first kappa shape index (κ1) is 22.6. The van der Waals surface area contributed by atoms with Crippen molar-refractivity contribution in [3.05, 3.63) is 61.3 Å². The van der Waals surface area contributed by atoms with Crippen LogP contribution >= 0.6 is 0 Å². The molecule has 0 saturated heterocycles. The average Bonchev–Trinajstić information content (AvgIpc) is 3.54. The summed E-state index contributed by atoms with van der Waals surface area (Å²) in [5.41, 5.74) is 2.69. The van der Waals surface area contributed by atoms with Gasteiger partial charge in [0.05, 0.1) is 30.8 Å². The molecule has 0 saturated carbocycles. The van der Waals surface area contributed by atoms with Crippen molar-refractivity contribution in [2.24, 2.45) is 0 Å². The van der Waals surface area contributed by atoms with Crippen LogP contribution in [-0.2, 0) is 14.3 Å². The summed E-state index contributed by atoms with van der Waals surface area (Å²) in [5, 5.41) is 3.10. The van der Waals surface area contributed by atoms with E-state index in [4.69, 9.17) is 18.3 Å². The van der Waals surface area contributed by atoms with Crippen molar-refractivity contribution in [1.82, 2.24) is 9.97 Å². The zero-order chi connectivity index (χ0) is 24.1. The summed E-state index contributed by atoms with van der Waals surface area (Å²) in [7, 11) is 3.17. The van der Waals surface area contributed by atoms with Crippen molar-refractivity contribution in [2.75, 3.05) is 31.0 Å². The summed E-state index contributed by atoms with van der Waals surface area (Å²) in [5.74, 6) is 0.735. The van der Waals surface area contributed by atoms with E-state index < -0.39 is 5.97 Å². The van der Waals surface area contributed by atoms with Gasteiger partial charge in [-0.3, -0.25) is 9.59 Å². The molecule has 0 bridgehead atoms. The number of ether oxygens (including phenoxy) is 2. The van der Waals surface area contributed by atoms with Gasteiger partial charge in [-0.1, -0.05) is 12.1 Å².